The van der Waals surface area contributed by atoms with Gasteiger partial charge in [0.1, 0.15) is 11.4 Å². The summed E-state index contributed by atoms with van der Waals surface area (Å²) in [6, 6.07) is 10.2. The van der Waals surface area contributed by atoms with Gasteiger partial charge in [-0.3, -0.25) is 0 Å². The van der Waals surface area contributed by atoms with E-state index in [0.717, 1.165) is 31.2 Å². The number of fused-ring (bicyclic) bond motifs is 1. The lowest BCUT2D eigenvalue weighted by atomic mass is 9.89. The predicted molar refractivity (Wildman–Crippen MR) is 121 cm³/mol. The highest BCUT2D eigenvalue weighted by atomic mass is 35.5. The zero-order chi connectivity index (χ0) is 22.9. The molecule has 0 aliphatic carbocycles. The summed E-state index contributed by atoms with van der Waals surface area (Å²) in [6.07, 6.45) is 2.28. The van der Waals surface area contributed by atoms with Gasteiger partial charge in [-0.1, -0.05) is 37.1 Å². The number of piperidine rings is 1. The maximum absolute atomic E-state index is 14.4. The van der Waals surface area contributed by atoms with Crippen molar-refractivity contribution in [1.29, 1.82) is 0 Å². The Morgan fingerprint density at radius 2 is 1.94 bits per heavy atom. The molecule has 2 heterocycles. The van der Waals surface area contributed by atoms with Gasteiger partial charge >= 0.3 is 6.09 Å². The molecule has 0 bridgehead atoms. The Kier molecular flexibility index (Phi) is 6.52. The number of likely N-dealkylation sites (tertiary alicyclic amines) is 1. The second-order valence-corrected chi connectivity index (χ2v) is 9.48. The monoisotopic (exact) mass is 461 g/mol. The maximum atomic E-state index is 14.4. The highest BCUT2D eigenvalue weighted by Gasteiger charge is 2.34. The zero-order valence-corrected chi connectivity index (χ0v) is 19.5. The SMILES string of the molecule is CCCC(C)(C)OC(=O)N1CCC(c2cccc3c2OC(c2ccc(Cl)cc2F)O3)CC1. The maximum Gasteiger partial charge on any atom is 0.410 e. The van der Waals surface area contributed by atoms with Crippen molar-refractivity contribution in [3.8, 4) is 11.5 Å². The molecule has 7 heteroatoms. The molecule has 0 saturated carbocycles. The van der Waals surface area contributed by atoms with Crippen LogP contribution < -0.4 is 9.47 Å². The van der Waals surface area contributed by atoms with Gasteiger partial charge in [0.15, 0.2) is 11.5 Å². The van der Waals surface area contributed by atoms with E-state index in [1.165, 1.54) is 6.07 Å². The van der Waals surface area contributed by atoms with E-state index < -0.39 is 17.7 Å². The Morgan fingerprint density at radius 1 is 1.19 bits per heavy atom. The van der Waals surface area contributed by atoms with Gasteiger partial charge in [-0.25, -0.2) is 9.18 Å². The molecule has 172 valence electrons. The van der Waals surface area contributed by atoms with Crippen LogP contribution in [0, 0.1) is 5.82 Å². The number of ether oxygens (including phenoxy) is 3. The first kappa shape index (κ1) is 22.7. The number of rotatable bonds is 5. The van der Waals surface area contributed by atoms with Crippen LogP contribution in [0.2, 0.25) is 5.02 Å². The van der Waals surface area contributed by atoms with Crippen LogP contribution in [0.25, 0.3) is 0 Å². The van der Waals surface area contributed by atoms with Crippen molar-refractivity contribution in [3.05, 3.63) is 58.4 Å². The molecule has 32 heavy (non-hydrogen) atoms. The highest BCUT2D eigenvalue weighted by molar-refractivity contribution is 6.30. The molecule has 2 aliphatic rings. The van der Waals surface area contributed by atoms with Crippen molar-refractivity contribution < 1.29 is 23.4 Å². The van der Waals surface area contributed by atoms with Crippen LogP contribution in [0.3, 0.4) is 0 Å². The molecule has 1 saturated heterocycles. The Morgan fingerprint density at radius 3 is 2.62 bits per heavy atom. The van der Waals surface area contributed by atoms with Gasteiger partial charge < -0.3 is 19.1 Å². The van der Waals surface area contributed by atoms with Gasteiger partial charge in [0.2, 0.25) is 0 Å². The van der Waals surface area contributed by atoms with Gasteiger partial charge in [0.05, 0.1) is 5.56 Å². The first-order valence-electron chi connectivity index (χ1n) is 11.2. The van der Waals surface area contributed by atoms with E-state index in [0.29, 0.717) is 35.2 Å². The molecule has 2 aromatic carbocycles. The molecular weight excluding hydrogens is 433 g/mol. The van der Waals surface area contributed by atoms with Gasteiger partial charge in [-0.05, 0) is 63.3 Å². The van der Waals surface area contributed by atoms with Crippen LogP contribution in [-0.2, 0) is 4.74 Å². The molecule has 5 nitrogen and oxygen atoms in total. The number of halogens is 2. The summed E-state index contributed by atoms with van der Waals surface area (Å²) < 4.78 is 32.0. The molecule has 0 radical (unpaired) electrons. The van der Waals surface area contributed by atoms with Crippen molar-refractivity contribution in [2.24, 2.45) is 0 Å². The quantitative estimate of drug-likeness (QED) is 0.488. The third kappa shape index (κ3) is 4.80. The summed E-state index contributed by atoms with van der Waals surface area (Å²) in [7, 11) is 0. The summed E-state index contributed by atoms with van der Waals surface area (Å²) in [6.45, 7) is 7.21. The van der Waals surface area contributed by atoms with Crippen LogP contribution in [0.15, 0.2) is 36.4 Å². The highest BCUT2D eigenvalue weighted by Crippen LogP contribution is 2.47. The molecule has 0 N–H and O–H groups in total. The molecule has 2 aromatic rings. The van der Waals surface area contributed by atoms with Crippen LogP contribution in [-0.4, -0.2) is 29.7 Å². The van der Waals surface area contributed by atoms with E-state index >= 15 is 0 Å². The summed E-state index contributed by atoms with van der Waals surface area (Å²) in [5.74, 6) is 1.01. The van der Waals surface area contributed by atoms with Crippen molar-refractivity contribution >= 4 is 17.7 Å². The Hall–Kier alpha value is -2.47. The average molecular weight is 462 g/mol. The summed E-state index contributed by atoms with van der Waals surface area (Å²) in [5.41, 5.74) is 0.877. The van der Waals surface area contributed by atoms with Gasteiger partial charge in [0.25, 0.3) is 6.29 Å². The molecule has 1 atom stereocenters. The fraction of sp³-hybridized carbons (Fsp3) is 0.480. The molecule has 1 amide bonds. The van der Waals surface area contributed by atoms with E-state index in [9.17, 15) is 9.18 Å². The number of hydrogen-bond donors (Lipinski definition) is 0. The van der Waals surface area contributed by atoms with Crippen molar-refractivity contribution in [2.75, 3.05) is 13.1 Å². The lowest BCUT2D eigenvalue weighted by molar-refractivity contribution is 0.00434. The van der Waals surface area contributed by atoms with Gasteiger partial charge in [0, 0.05) is 23.7 Å². The van der Waals surface area contributed by atoms with Crippen LogP contribution >= 0.6 is 11.6 Å². The zero-order valence-electron chi connectivity index (χ0n) is 18.7. The average Bonchev–Trinajstić information content (AvgIpc) is 3.17. The fourth-order valence-corrected chi connectivity index (χ4v) is 4.63. The fourth-order valence-electron chi connectivity index (χ4n) is 4.47. The second-order valence-electron chi connectivity index (χ2n) is 9.05. The first-order chi connectivity index (χ1) is 15.3. The minimum absolute atomic E-state index is 0.218. The largest absolute Gasteiger partial charge is 0.447 e. The third-order valence-corrected chi connectivity index (χ3v) is 6.33. The van der Waals surface area contributed by atoms with Crippen molar-refractivity contribution in [3.63, 3.8) is 0 Å². The standard InChI is InChI=1S/C25H29ClFNO4/c1-4-12-25(2,3)32-24(29)28-13-10-16(11-14-28)18-6-5-7-21-22(18)31-23(30-21)19-9-8-17(26)15-20(19)27/h5-9,15-16,23H,4,10-14H2,1-3H3. The van der Waals surface area contributed by atoms with Crippen LogP contribution in [0.4, 0.5) is 9.18 Å². The topological polar surface area (TPSA) is 48.0 Å². The summed E-state index contributed by atoms with van der Waals surface area (Å²) in [5, 5.41) is 0.325. The lowest BCUT2D eigenvalue weighted by Crippen LogP contribution is -2.42. The van der Waals surface area contributed by atoms with E-state index in [1.807, 2.05) is 32.0 Å². The second kappa shape index (κ2) is 9.18. The minimum atomic E-state index is -0.848. The summed E-state index contributed by atoms with van der Waals surface area (Å²) >= 11 is 5.87. The van der Waals surface area contributed by atoms with Crippen molar-refractivity contribution in [2.45, 2.75) is 64.3 Å². The Labute approximate surface area is 193 Å². The number of para-hydroxylation sites is 1. The van der Waals surface area contributed by atoms with Crippen LogP contribution in [0.1, 0.15) is 69.8 Å². The van der Waals surface area contributed by atoms with Gasteiger partial charge in [-0.15, -0.1) is 0 Å². The Balaban J connectivity index is 1.42. The number of carbonyl (C=O) groups is 1. The molecule has 2 aliphatic heterocycles. The predicted octanol–water partition coefficient (Wildman–Crippen LogP) is 6.84. The Bertz CT molecular complexity index is 988. The van der Waals surface area contributed by atoms with Gasteiger partial charge in [-0.2, -0.15) is 0 Å². The molecule has 0 aromatic heterocycles. The lowest BCUT2D eigenvalue weighted by Gasteiger charge is -2.34. The van der Waals surface area contributed by atoms with E-state index in [-0.39, 0.29) is 12.0 Å². The number of benzene rings is 2. The minimum Gasteiger partial charge on any atom is -0.447 e. The molecule has 4 rings (SSSR count). The number of carbonyl (C=O) groups excluding carboxylic acids is 1. The van der Waals surface area contributed by atoms with E-state index in [2.05, 4.69) is 6.92 Å². The summed E-state index contributed by atoms with van der Waals surface area (Å²) in [4.78, 5) is 14.4. The van der Waals surface area contributed by atoms with E-state index in [1.54, 1.807) is 17.0 Å². The normalized spacial score (nSPS) is 18.7. The molecule has 0 spiro atoms. The molecule has 1 fully saturated rings. The smallest absolute Gasteiger partial charge is 0.410 e. The van der Waals surface area contributed by atoms with E-state index in [4.69, 9.17) is 25.8 Å². The van der Waals surface area contributed by atoms with Crippen molar-refractivity contribution in [1.82, 2.24) is 4.90 Å². The molecular formula is C25H29ClFNO4. The molecule has 1 unspecified atom stereocenters. The number of nitrogens with zero attached hydrogens (tertiary/aromatic N) is 1. The van der Waals surface area contributed by atoms with Crippen LogP contribution in [0.5, 0.6) is 11.5 Å². The number of amides is 1. The third-order valence-electron chi connectivity index (χ3n) is 6.09. The first-order valence-corrected chi connectivity index (χ1v) is 11.5. The number of hydrogen-bond acceptors (Lipinski definition) is 4.